The van der Waals surface area contributed by atoms with E-state index in [0.717, 1.165) is 31.4 Å². The minimum absolute atomic E-state index is 0.0760. The summed E-state index contributed by atoms with van der Waals surface area (Å²) in [5.74, 6) is 0.507. The van der Waals surface area contributed by atoms with Crippen molar-refractivity contribution in [1.29, 1.82) is 0 Å². The molecule has 1 saturated carbocycles. The second-order valence-electron chi connectivity index (χ2n) is 5.77. The molecule has 0 heterocycles. The number of aliphatic hydroxyl groups is 1. The van der Waals surface area contributed by atoms with Gasteiger partial charge in [-0.2, -0.15) is 0 Å². The van der Waals surface area contributed by atoms with Crippen LogP contribution in [-0.4, -0.2) is 22.7 Å². The number of benzene rings is 1. The summed E-state index contributed by atoms with van der Waals surface area (Å²) in [6.07, 6.45) is 2.64. The Balaban J connectivity index is 1.96. The average Bonchev–Trinajstić information content (AvgIpc) is 2.82. The van der Waals surface area contributed by atoms with Gasteiger partial charge in [-0.3, -0.25) is 10.1 Å². The Morgan fingerprint density at radius 1 is 1.50 bits per heavy atom. The molecule has 110 valence electrons. The molecule has 3 atom stereocenters. The van der Waals surface area contributed by atoms with Crippen molar-refractivity contribution in [2.24, 2.45) is 5.92 Å². The van der Waals surface area contributed by atoms with Crippen LogP contribution in [-0.2, 0) is 0 Å². The van der Waals surface area contributed by atoms with Crippen molar-refractivity contribution in [1.82, 2.24) is 5.32 Å². The van der Waals surface area contributed by atoms with Gasteiger partial charge in [0.25, 0.3) is 5.69 Å². The lowest BCUT2D eigenvalue weighted by Crippen LogP contribution is -2.25. The average molecular weight is 278 g/mol. The van der Waals surface area contributed by atoms with Crippen LogP contribution in [0.1, 0.15) is 43.4 Å². The Kier molecular flexibility index (Phi) is 4.73. The summed E-state index contributed by atoms with van der Waals surface area (Å²) in [5, 5.41) is 23.9. The Bertz CT molecular complexity index is 490. The van der Waals surface area contributed by atoms with E-state index in [4.69, 9.17) is 0 Å². The van der Waals surface area contributed by atoms with Crippen LogP contribution >= 0.6 is 0 Å². The van der Waals surface area contributed by atoms with Gasteiger partial charge in [-0.25, -0.2) is 0 Å². The molecule has 20 heavy (non-hydrogen) atoms. The lowest BCUT2D eigenvalue weighted by Gasteiger charge is -2.17. The highest BCUT2D eigenvalue weighted by molar-refractivity contribution is 5.43. The fraction of sp³-hybridized carbons (Fsp3) is 0.600. The van der Waals surface area contributed by atoms with Crippen LogP contribution in [0.25, 0.3) is 0 Å². The second kappa shape index (κ2) is 6.33. The first-order chi connectivity index (χ1) is 9.47. The zero-order chi connectivity index (χ0) is 14.7. The molecule has 2 rings (SSSR count). The van der Waals surface area contributed by atoms with Crippen molar-refractivity contribution in [3.05, 3.63) is 39.4 Å². The van der Waals surface area contributed by atoms with E-state index in [9.17, 15) is 15.2 Å². The van der Waals surface area contributed by atoms with E-state index in [-0.39, 0.29) is 22.8 Å². The summed E-state index contributed by atoms with van der Waals surface area (Å²) in [6, 6.07) is 5.46. The molecule has 1 fully saturated rings. The van der Waals surface area contributed by atoms with Crippen molar-refractivity contribution < 1.29 is 10.0 Å². The van der Waals surface area contributed by atoms with Crippen molar-refractivity contribution in [2.45, 2.75) is 45.3 Å². The van der Waals surface area contributed by atoms with Gasteiger partial charge in [0.2, 0.25) is 0 Å². The number of rotatable bonds is 5. The molecule has 1 aromatic carbocycles. The molecule has 1 aromatic rings. The van der Waals surface area contributed by atoms with Gasteiger partial charge in [-0.05, 0) is 51.1 Å². The van der Waals surface area contributed by atoms with Crippen LogP contribution < -0.4 is 5.32 Å². The molecule has 0 saturated heterocycles. The topological polar surface area (TPSA) is 75.4 Å². The molecule has 0 bridgehead atoms. The molecule has 0 amide bonds. The SMILES string of the molecule is Cc1ccc(C(C)NCC2CCC(O)C2)cc1[N+](=O)[O-]. The smallest absolute Gasteiger partial charge is 0.272 e. The van der Waals surface area contributed by atoms with Gasteiger partial charge >= 0.3 is 0 Å². The first-order valence-corrected chi connectivity index (χ1v) is 7.13. The van der Waals surface area contributed by atoms with Crippen LogP contribution in [0.2, 0.25) is 0 Å². The quantitative estimate of drug-likeness (QED) is 0.641. The van der Waals surface area contributed by atoms with E-state index in [1.54, 1.807) is 19.1 Å². The molecular formula is C15H22N2O3. The minimum Gasteiger partial charge on any atom is -0.393 e. The van der Waals surface area contributed by atoms with Gasteiger partial charge in [0.15, 0.2) is 0 Å². The first kappa shape index (κ1) is 14.9. The number of nitro benzene ring substituents is 1. The molecule has 0 aromatic heterocycles. The largest absolute Gasteiger partial charge is 0.393 e. The van der Waals surface area contributed by atoms with Gasteiger partial charge in [-0.15, -0.1) is 0 Å². The molecule has 0 aliphatic heterocycles. The molecule has 1 aliphatic carbocycles. The predicted octanol–water partition coefficient (Wildman–Crippen LogP) is 2.71. The maximum absolute atomic E-state index is 11.0. The third-order valence-electron chi connectivity index (χ3n) is 4.16. The maximum Gasteiger partial charge on any atom is 0.272 e. The third kappa shape index (κ3) is 3.55. The van der Waals surface area contributed by atoms with E-state index in [1.807, 2.05) is 13.0 Å². The van der Waals surface area contributed by atoms with Gasteiger partial charge in [0.1, 0.15) is 0 Å². The normalized spacial score (nSPS) is 23.8. The highest BCUT2D eigenvalue weighted by atomic mass is 16.6. The van der Waals surface area contributed by atoms with Crippen LogP contribution in [0.5, 0.6) is 0 Å². The van der Waals surface area contributed by atoms with Crippen LogP contribution in [0.3, 0.4) is 0 Å². The van der Waals surface area contributed by atoms with Crippen molar-refractivity contribution in [3.8, 4) is 0 Å². The van der Waals surface area contributed by atoms with E-state index in [1.165, 1.54) is 0 Å². The number of hydrogen-bond acceptors (Lipinski definition) is 4. The fourth-order valence-electron chi connectivity index (χ4n) is 2.79. The van der Waals surface area contributed by atoms with Crippen LogP contribution in [0.15, 0.2) is 18.2 Å². The van der Waals surface area contributed by atoms with Crippen LogP contribution in [0.4, 0.5) is 5.69 Å². The van der Waals surface area contributed by atoms with Crippen molar-refractivity contribution in [3.63, 3.8) is 0 Å². The van der Waals surface area contributed by atoms with Crippen molar-refractivity contribution >= 4 is 5.69 Å². The van der Waals surface area contributed by atoms with Gasteiger partial charge in [0.05, 0.1) is 11.0 Å². The Morgan fingerprint density at radius 2 is 2.25 bits per heavy atom. The van der Waals surface area contributed by atoms with Gasteiger partial charge < -0.3 is 10.4 Å². The van der Waals surface area contributed by atoms with E-state index in [0.29, 0.717) is 11.5 Å². The summed E-state index contributed by atoms with van der Waals surface area (Å²) >= 11 is 0. The fourth-order valence-corrected chi connectivity index (χ4v) is 2.79. The molecule has 0 spiro atoms. The lowest BCUT2D eigenvalue weighted by molar-refractivity contribution is -0.385. The Morgan fingerprint density at radius 3 is 2.85 bits per heavy atom. The molecule has 2 N–H and O–H groups in total. The monoisotopic (exact) mass is 278 g/mol. The zero-order valence-electron chi connectivity index (χ0n) is 12.0. The predicted molar refractivity (Wildman–Crippen MR) is 77.6 cm³/mol. The van der Waals surface area contributed by atoms with Gasteiger partial charge in [0, 0.05) is 17.7 Å². The Hall–Kier alpha value is -1.46. The van der Waals surface area contributed by atoms with E-state index < -0.39 is 0 Å². The highest BCUT2D eigenvalue weighted by Gasteiger charge is 2.23. The van der Waals surface area contributed by atoms with E-state index in [2.05, 4.69) is 5.32 Å². The second-order valence-corrected chi connectivity index (χ2v) is 5.77. The molecule has 3 unspecified atom stereocenters. The van der Waals surface area contributed by atoms with E-state index >= 15 is 0 Å². The summed E-state index contributed by atoms with van der Waals surface area (Å²) in [5.41, 5.74) is 1.79. The molecule has 1 aliphatic rings. The van der Waals surface area contributed by atoms with Crippen molar-refractivity contribution in [2.75, 3.05) is 6.54 Å². The molecule has 5 nitrogen and oxygen atoms in total. The number of nitrogens with one attached hydrogen (secondary N) is 1. The third-order valence-corrected chi connectivity index (χ3v) is 4.16. The summed E-state index contributed by atoms with van der Waals surface area (Å²) in [4.78, 5) is 10.6. The summed E-state index contributed by atoms with van der Waals surface area (Å²) < 4.78 is 0. The summed E-state index contributed by atoms with van der Waals surface area (Å²) in [6.45, 7) is 4.61. The van der Waals surface area contributed by atoms with Gasteiger partial charge in [-0.1, -0.05) is 12.1 Å². The molecule has 5 heteroatoms. The number of nitrogens with zero attached hydrogens (tertiary/aromatic N) is 1. The number of nitro groups is 1. The molecular weight excluding hydrogens is 256 g/mol. The highest BCUT2D eigenvalue weighted by Crippen LogP contribution is 2.26. The number of aryl methyl sites for hydroxylation is 1. The lowest BCUT2D eigenvalue weighted by atomic mass is 10.0. The van der Waals surface area contributed by atoms with Crippen LogP contribution in [0, 0.1) is 23.0 Å². The standard InChI is InChI=1S/C15H22N2O3/c1-10-3-5-13(8-15(10)17(19)20)11(2)16-9-12-4-6-14(18)7-12/h3,5,8,11-12,14,16,18H,4,6-7,9H2,1-2H3. The Labute approximate surface area is 119 Å². The molecule has 0 radical (unpaired) electrons. The first-order valence-electron chi connectivity index (χ1n) is 7.13. The summed E-state index contributed by atoms with van der Waals surface area (Å²) in [7, 11) is 0. The minimum atomic E-state index is -0.334. The zero-order valence-corrected chi connectivity index (χ0v) is 12.0. The number of aliphatic hydroxyl groups excluding tert-OH is 1. The maximum atomic E-state index is 11.0. The number of hydrogen-bond donors (Lipinski definition) is 2.